The van der Waals surface area contributed by atoms with Crippen LogP contribution in [-0.4, -0.2) is 30.5 Å². The number of nitrogens with one attached hydrogen (secondary N) is 2. The molecule has 0 saturated carbocycles. The number of nitrogens with zero attached hydrogens (tertiary/aromatic N) is 4. The molecule has 156 valence electrons. The Morgan fingerprint density at radius 3 is 2.97 bits per heavy atom. The predicted octanol–water partition coefficient (Wildman–Crippen LogP) is 3.05. The van der Waals surface area contributed by atoms with Crippen molar-refractivity contribution in [2.45, 2.75) is 13.5 Å². The Balaban J connectivity index is 1.60. The number of carboxylic acid groups (broad SMARTS) is 1. The van der Waals surface area contributed by atoms with Crippen LogP contribution < -0.4 is 10.00 Å². The zero-order valence-electron chi connectivity index (χ0n) is 16.7. The summed E-state index contributed by atoms with van der Waals surface area (Å²) in [6, 6.07) is 6.56. The molecule has 9 nitrogen and oxygen atoms in total. The van der Waals surface area contributed by atoms with Gasteiger partial charge in [0, 0.05) is 36.0 Å². The number of carbonyl (C=O) groups is 1. The number of rotatable bonds is 5. The summed E-state index contributed by atoms with van der Waals surface area (Å²) in [6.45, 7) is 2.05. The van der Waals surface area contributed by atoms with Gasteiger partial charge in [-0.15, -0.1) is 4.68 Å². The molecule has 5 rings (SSSR count). The summed E-state index contributed by atoms with van der Waals surface area (Å²) in [5.74, 6) is -1.18. The van der Waals surface area contributed by atoms with Gasteiger partial charge in [-0.1, -0.05) is 0 Å². The van der Waals surface area contributed by atoms with E-state index in [1.54, 1.807) is 22.7 Å². The van der Waals surface area contributed by atoms with Crippen LogP contribution in [0.15, 0.2) is 47.3 Å². The molecule has 31 heavy (non-hydrogen) atoms. The van der Waals surface area contributed by atoms with E-state index in [0.717, 1.165) is 11.4 Å². The number of hydrogen-bond acceptors (Lipinski definition) is 5. The average molecular weight is 421 g/mol. The lowest BCUT2D eigenvalue weighted by molar-refractivity contribution is -0.716. The number of benzene rings is 1. The lowest BCUT2D eigenvalue weighted by Crippen LogP contribution is -2.32. The fourth-order valence-electron chi connectivity index (χ4n) is 3.73. The van der Waals surface area contributed by atoms with Gasteiger partial charge in [-0.25, -0.2) is 19.2 Å². The van der Waals surface area contributed by atoms with E-state index >= 15 is 0 Å². The summed E-state index contributed by atoms with van der Waals surface area (Å²) in [7, 11) is 1.85. The molecular weight excluding hydrogens is 403 g/mol. The van der Waals surface area contributed by atoms with Crippen molar-refractivity contribution in [3.05, 3.63) is 65.7 Å². The molecule has 1 aromatic carbocycles. The Kier molecular flexibility index (Phi) is 4.21. The number of carboxylic acids is 1. The minimum atomic E-state index is -1.15. The second kappa shape index (κ2) is 6.94. The van der Waals surface area contributed by atoms with Crippen molar-refractivity contribution in [1.82, 2.24) is 19.5 Å². The van der Waals surface area contributed by atoms with Gasteiger partial charge in [-0.2, -0.15) is 5.10 Å². The highest BCUT2D eigenvalue weighted by Gasteiger charge is 2.22. The van der Waals surface area contributed by atoms with Gasteiger partial charge in [-0.05, 0) is 25.1 Å². The van der Waals surface area contributed by atoms with E-state index in [-0.39, 0.29) is 18.1 Å². The summed E-state index contributed by atoms with van der Waals surface area (Å²) in [4.78, 5) is 20.3. The number of H-pyrrole nitrogens is 1. The maximum absolute atomic E-state index is 14.5. The third kappa shape index (κ3) is 3.08. The number of aromatic nitrogens is 5. The van der Waals surface area contributed by atoms with Crippen molar-refractivity contribution in [1.29, 1.82) is 0 Å². The van der Waals surface area contributed by atoms with Gasteiger partial charge in [0.15, 0.2) is 18.4 Å². The fourth-order valence-corrected chi connectivity index (χ4v) is 3.73. The zero-order valence-corrected chi connectivity index (χ0v) is 16.7. The molecule has 0 radical (unpaired) electrons. The molecule has 0 atom stereocenters. The van der Waals surface area contributed by atoms with Crippen molar-refractivity contribution in [2.24, 2.45) is 7.05 Å². The molecule has 0 spiro atoms. The van der Waals surface area contributed by atoms with Gasteiger partial charge < -0.3 is 14.8 Å². The van der Waals surface area contributed by atoms with Gasteiger partial charge in [0.05, 0.1) is 12.0 Å². The predicted molar refractivity (Wildman–Crippen MR) is 109 cm³/mol. The number of aromatic amines is 1. The Hall–Kier alpha value is -4.21. The van der Waals surface area contributed by atoms with Crippen LogP contribution >= 0.6 is 0 Å². The average Bonchev–Trinajstić information content (AvgIpc) is 3.45. The standard InChI is InChI=1S/C21H17FN6O3/c1-11-7-17(27(2)26-11)14-9-24-21(28-10-16(20(29)30)25-19(14)28)23-8-13-12-5-6-31-18(12)4-3-15(13)22/h3-7,9-10H,8H2,1-2H3,(H2,23,24,25,26,29,30)/p+1. The molecule has 4 heterocycles. The Labute approximate surface area is 174 Å². The first-order valence-electron chi connectivity index (χ1n) is 9.48. The highest BCUT2D eigenvalue weighted by atomic mass is 19.1. The molecule has 0 aliphatic rings. The molecule has 0 aliphatic carbocycles. The number of hydrogen-bond donors (Lipinski definition) is 3. The van der Waals surface area contributed by atoms with Crippen LogP contribution in [0.1, 0.15) is 21.7 Å². The van der Waals surface area contributed by atoms with E-state index in [0.29, 0.717) is 33.7 Å². The van der Waals surface area contributed by atoms with Crippen molar-refractivity contribution in [3.63, 3.8) is 0 Å². The number of aryl methyl sites for hydroxylation is 2. The lowest BCUT2D eigenvalue weighted by Gasteiger charge is -2.10. The highest BCUT2D eigenvalue weighted by Crippen LogP contribution is 2.26. The number of furan rings is 1. The Morgan fingerprint density at radius 2 is 2.23 bits per heavy atom. The van der Waals surface area contributed by atoms with Crippen LogP contribution in [-0.2, 0) is 13.6 Å². The van der Waals surface area contributed by atoms with Gasteiger partial charge in [0.25, 0.3) is 0 Å². The Bertz CT molecular complexity index is 1470. The van der Waals surface area contributed by atoms with Crippen LogP contribution in [0.3, 0.4) is 0 Å². The molecule has 4 aromatic heterocycles. The first-order chi connectivity index (χ1) is 14.9. The van der Waals surface area contributed by atoms with Gasteiger partial charge >= 0.3 is 5.97 Å². The van der Waals surface area contributed by atoms with Crippen LogP contribution in [0.2, 0.25) is 0 Å². The van der Waals surface area contributed by atoms with Gasteiger partial charge in [0.2, 0.25) is 11.6 Å². The quantitative estimate of drug-likeness (QED) is 0.376. The number of fused-ring (bicyclic) bond motifs is 2. The normalized spacial score (nSPS) is 11.5. The summed E-state index contributed by atoms with van der Waals surface area (Å²) in [6.07, 6.45) is 4.52. The van der Waals surface area contributed by atoms with E-state index in [2.05, 4.69) is 20.4 Å². The SMILES string of the molecule is Cc1cc(-c2cnc(NCc3c(F)ccc4occc34)n3cc(C(=O)O)nc23)[n+](C)[nH]1. The van der Waals surface area contributed by atoms with E-state index in [9.17, 15) is 14.3 Å². The van der Waals surface area contributed by atoms with E-state index in [1.807, 2.05) is 24.7 Å². The van der Waals surface area contributed by atoms with Crippen molar-refractivity contribution in [3.8, 4) is 11.3 Å². The van der Waals surface area contributed by atoms with Crippen molar-refractivity contribution >= 4 is 28.5 Å². The molecule has 0 fully saturated rings. The van der Waals surface area contributed by atoms with Crippen LogP contribution in [0.25, 0.3) is 27.9 Å². The summed E-state index contributed by atoms with van der Waals surface area (Å²) in [5.41, 5.74) is 3.72. The Morgan fingerprint density at radius 1 is 1.39 bits per heavy atom. The maximum atomic E-state index is 14.5. The number of aromatic carboxylic acids is 1. The number of anilines is 1. The molecule has 0 unspecified atom stereocenters. The minimum absolute atomic E-state index is 0.115. The maximum Gasteiger partial charge on any atom is 0.356 e. The molecule has 10 heteroatoms. The second-order valence-electron chi connectivity index (χ2n) is 7.22. The van der Waals surface area contributed by atoms with Gasteiger partial charge in [-0.3, -0.25) is 4.40 Å². The van der Waals surface area contributed by atoms with Crippen molar-refractivity contribution in [2.75, 3.05) is 5.32 Å². The van der Waals surface area contributed by atoms with Gasteiger partial charge in [0.1, 0.15) is 17.0 Å². The smallest absolute Gasteiger partial charge is 0.356 e. The molecule has 5 aromatic rings. The molecular formula is C21H18FN6O3+. The fraction of sp³-hybridized carbons (Fsp3) is 0.143. The first kappa shape index (κ1) is 18.8. The third-order valence-electron chi connectivity index (χ3n) is 5.16. The summed E-state index contributed by atoms with van der Waals surface area (Å²) >= 11 is 0. The summed E-state index contributed by atoms with van der Waals surface area (Å²) < 4.78 is 23.2. The van der Waals surface area contributed by atoms with Crippen LogP contribution in [0.4, 0.5) is 10.3 Å². The molecule has 0 saturated heterocycles. The molecule has 3 N–H and O–H groups in total. The topological polar surface area (TPSA) is 112 Å². The third-order valence-corrected chi connectivity index (χ3v) is 5.16. The zero-order chi connectivity index (χ0) is 21.7. The minimum Gasteiger partial charge on any atom is -0.476 e. The van der Waals surface area contributed by atoms with Crippen LogP contribution in [0, 0.1) is 12.7 Å². The molecule has 0 bridgehead atoms. The lowest BCUT2D eigenvalue weighted by atomic mass is 10.1. The first-order valence-corrected chi connectivity index (χ1v) is 9.48. The molecule has 0 aliphatic heterocycles. The largest absolute Gasteiger partial charge is 0.476 e. The monoisotopic (exact) mass is 421 g/mol. The number of imidazole rings is 1. The second-order valence-corrected chi connectivity index (χ2v) is 7.22. The van der Waals surface area contributed by atoms with E-state index in [4.69, 9.17) is 4.42 Å². The van der Waals surface area contributed by atoms with E-state index < -0.39 is 5.97 Å². The van der Waals surface area contributed by atoms with E-state index in [1.165, 1.54) is 18.5 Å². The highest BCUT2D eigenvalue weighted by molar-refractivity contribution is 5.88. The number of halogens is 1. The van der Waals surface area contributed by atoms with Crippen LogP contribution in [0.5, 0.6) is 0 Å². The summed E-state index contributed by atoms with van der Waals surface area (Å²) in [5, 5.41) is 16.4. The molecule has 0 amide bonds. The van der Waals surface area contributed by atoms with Crippen molar-refractivity contribution < 1.29 is 23.4 Å².